The van der Waals surface area contributed by atoms with Crippen LogP contribution in [-0.2, 0) is 16.0 Å². The van der Waals surface area contributed by atoms with Gasteiger partial charge in [0.25, 0.3) is 0 Å². The van der Waals surface area contributed by atoms with Gasteiger partial charge in [-0.1, -0.05) is 30.3 Å². The number of hydrogen-bond donors (Lipinski definition) is 1. The molecule has 22 heavy (non-hydrogen) atoms. The summed E-state index contributed by atoms with van der Waals surface area (Å²) in [4.78, 5) is 26.0. The maximum atomic E-state index is 12.1. The van der Waals surface area contributed by atoms with Gasteiger partial charge in [-0.2, -0.15) is 0 Å². The average Bonchev–Trinajstić information content (AvgIpc) is 3.40. The quantitative estimate of drug-likeness (QED) is 0.837. The fourth-order valence-corrected chi connectivity index (χ4v) is 2.79. The zero-order valence-corrected chi connectivity index (χ0v) is 13.1. The number of nitrogens with zero attached hydrogens (tertiary/aromatic N) is 1. The van der Waals surface area contributed by atoms with Crippen molar-refractivity contribution in [1.29, 1.82) is 0 Å². The van der Waals surface area contributed by atoms with Gasteiger partial charge in [-0.25, -0.2) is 0 Å². The second-order valence-electron chi connectivity index (χ2n) is 6.66. The molecule has 1 aromatic rings. The Morgan fingerprint density at radius 2 is 1.77 bits per heavy atom. The molecule has 2 amide bonds. The molecule has 2 fully saturated rings. The molecular formula is C18H24N2O2. The Morgan fingerprint density at radius 3 is 2.36 bits per heavy atom. The molecular weight excluding hydrogens is 276 g/mol. The number of amides is 2. The number of carbonyl (C=O) groups is 2. The zero-order chi connectivity index (χ0) is 15.5. The van der Waals surface area contributed by atoms with E-state index in [2.05, 4.69) is 17.4 Å². The third-order valence-corrected chi connectivity index (χ3v) is 4.42. The highest BCUT2D eigenvalue weighted by Crippen LogP contribution is 2.31. The molecule has 0 saturated heterocycles. The lowest BCUT2D eigenvalue weighted by molar-refractivity contribution is -0.132. The minimum absolute atomic E-state index is 0.0109. The summed E-state index contributed by atoms with van der Waals surface area (Å²) in [7, 11) is 1.85. The average molecular weight is 300 g/mol. The van der Waals surface area contributed by atoms with E-state index in [-0.39, 0.29) is 29.7 Å². The maximum Gasteiger partial charge on any atom is 0.225 e. The normalized spacial score (nSPS) is 18.6. The van der Waals surface area contributed by atoms with E-state index in [4.69, 9.17) is 0 Å². The summed E-state index contributed by atoms with van der Waals surface area (Å²) in [6.45, 7) is 0.586. The summed E-state index contributed by atoms with van der Waals surface area (Å²) in [5.41, 5.74) is 1.19. The van der Waals surface area contributed by atoms with E-state index in [0.29, 0.717) is 6.54 Å². The molecule has 1 atom stereocenters. The lowest BCUT2D eigenvalue weighted by Crippen LogP contribution is -2.46. The predicted octanol–water partition coefficient (Wildman–Crippen LogP) is 1.99. The van der Waals surface area contributed by atoms with Crippen molar-refractivity contribution < 1.29 is 9.59 Å². The van der Waals surface area contributed by atoms with Gasteiger partial charge in [0.1, 0.15) is 0 Å². The third-order valence-electron chi connectivity index (χ3n) is 4.42. The summed E-state index contributed by atoms with van der Waals surface area (Å²) in [5, 5.41) is 3.14. The molecule has 4 heteroatoms. The van der Waals surface area contributed by atoms with Crippen LogP contribution in [0.3, 0.4) is 0 Å². The lowest BCUT2D eigenvalue weighted by atomic mass is 10.0. The van der Waals surface area contributed by atoms with E-state index in [1.165, 1.54) is 5.56 Å². The second kappa shape index (κ2) is 6.51. The lowest BCUT2D eigenvalue weighted by Gasteiger charge is -2.25. The molecule has 1 N–H and O–H groups in total. The first-order chi connectivity index (χ1) is 10.6. The number of nitrogens with one attached hydrogen (secondary N) is 1. The van der Waals surface area contributed by atoms with Crippen LogP contribution in [0.25, 0.3) is 0 Å². The van der Waals surface area contributed by atoms with E-state index < -0.39 is 0 Å². The van der Waals surface area contributed by atoms with Crippen LogP contribution < -0.4 is 5.32 Å². The van der Waals surface area contributed by atoms with Gasteiger partial charge in [0.2, 0.25) is 11.8 Å². The molecule has 4 nitrogen and oxygen atoms in total. The van der Waals surface area contributed by atoms with Gasteiger partial charge < -0.3 is 10.2 Å². The van der Waals surface area contributed by atoms with Crippen LogP contribution in [0.15, 0.2) is 30.3 Å². The van der Waals surface area contributed by atoms with Crippen molar-refractivity contribution in [2.75, 3.05) is 13.6 Å². The zero-order valence-electron chi connectivity index (χ0n) is 13.1. The van der Waals surface area contributed by atoms with Crippen molar-refractivity contribution >= 4 is 11.8 Å². The number of hydrogen-bond acceptors (Lipinski definition) is 2. The van der Waals surface area contributed by atoms with Gasteiger partial charge in [0.15, 0.2) is 0 Å². The molecule has 1 aromatic carbocycles. The number of likely N-dealkylation sites (N-methyl/N-ethyl adjacent to an activating group) is 1. The molecule has 2 saturated carbocycles. The molecule has 0 bridgehead atoms. The largest absolute Gasteiger partial charge is 0.351 e. The van der Waals surface area contributed by atoms with Gasteiger partial charge >= 0.3 is 0 Å². The smallest absolute Gasteiger partial charge is 0.225 e. The summed E-state index contributed by atoms with van der Waals surface area (Å²) >= 11 is 0. The third kappa shape index (κ3) is 4.09. The van der Waals surface area contributed by atoms with Crippen LogP contribution in [0.2, 0.25) is 0 Å². The fraction of sp³-hybridized carbons (Fsp3) is 0.556. The van der Waals surface area contributed by atoms with Crippen molar-refractivity contribution in [1.82, 2.24) is 10.2 Å². The van der Waals surface area contributed by atoms with Crippen molar-refractivity contribution in [3.8, 4) is 0 Å². The van der Waals surface area contributed by atoms with E-state index in [0.717, 1.165) is 32.1 Å². The highest BCUT2D eigenvalue weighted by atomic mass is 16.2. The Balaban J connectivity index is 1.61. The first kappa shape index (κ1) is 15.1. The summed E-state index contributed by atoms with van der Waals surface area (Å²) in [5.74, 6) is 0.788. The SMILES string of the molecule is CN(CC(Cc1ccccc1)NC(=O)C1CC1)C(=O)C1CC1. The Hall–Kier alpha value is -1.84. The molecule has 1 unspecified atom stereocenters. The molecule has 0 heterocycles. The van der Waals surface area contributed by atoms with Crippen molar-refractivity contribution in [3.63, 3.8) is 0 Å². The molecule has 2 aliphatic rings. The number of carbonyl (C=O) groups excluding carboxylic acids is 2. The van der Waals surface area contributed by atoms with Crippen LogP contribution in [0.4, 0.5) is 0 Å². The molecule has 0 spiro atoms. The van der Waals surface area contributed by atoms with Crippen molar-refractivity contribution in [2.24, 2.45) is 11.8 Å². The minimum atomic E-state index is -0.0109. The van der Waals surface area contributed by atoms with Crippen molar-refractivity contribution in [3.05, 3.63) is 35.9 Å². The van der Waals surface area contributed by atoms with Gasteiger partial charge in [-0.15, -0.1) is 0 Å². The maximum absolute atomic E-state index is 12.1. The Kier molecular flexibility index (Phi) is 4.46. The van der Waals surface area contributed by atoms with Gasteiger partial charge in [-0.3, -0.25) is 9.59 Å². The standard InChI is InChI=1S/C18H24N2O2/c1-20(18(22)15-9-10-15)12-16(19-17(21)14-7-8-14)11-13-5-3-2-4-6-13/h2-6,14-16H,7-12H2,1H3,(H,19,21). The predicted molar refractivity (Wildman–Crippen MR) is 85.2 cm³/mol. The van der Waals surface area contributed by atoms with E-state index in [9.17, 15) is 9.59 Å². The fourth-order valence-electron chi connectivity index (χ4n) is 2.79. The van der Waals surface area contributed by atoms with Crippen molar-refractivity contribution in [2.45, 2.75) is 38.1 Å². The van der Waals surface area contributed by atoms with E-state index in [1.54, 1.807) is 4.90 Å². The Labute approximate surface area is 131 Å². The monoisotopic (exact) mass is 300 g/mol. The summed E-state index contributed by atoms with van der Waals surface area (Å²) in [6, 6.07) is 10.1. The highest BCUT2D eigenvalue weighted by Gasteiger charge is 2.34. The molecule has 3 rings (SSSR count). The Morgan fingerprint density at radius 1 is 1.14 bits per heavy atom. The first-order valence-corrected chi connectivity index (χ1v) is 8.23. The molecule has 0 aliphatic heterocycles. The molecule has 118 valence electrons. The van der Waals surface area contributed by atoms with Crippen LogP contribution in [0.1, 0.15) is 31.2 Å². The number of rotatable bonds is 7. The topological polar surface area (TPSA) is 49.4 Å². The number of benzene rings is 1. The van der Waals surface area contributed by atoms with E-state index in [1.807, 2.05) is 25.2 Å². The van der Waals surface area contributed by atoms with Gasteiger partial charge in [-0.05, 0) is 37.7 Å². The summed E-state index contributed by atoms with van der Waals surface area (Å²) < 4.78 is 0. The van der Waals surface area contributed by atoms with E-state index >= 15 is 0 Å². The van der Waals surface area contributed by atoms with Gasteiger partial charge in [0, 0.05) is 25.4 Å². The Bertz CT molecular complexity index is 535. The molecule has 0 aromatic heterocycles. The van der Waals surface area contributed by atoms with Crippen LogP contribution in [-0.4, -0.2) is 36.3 Å². The van der Waals surface area contributed by atoms with Crippen LogP contribution in [0.5, 0.6) is 0 Å². The molecule has 0 radical (unpaired) electrons. The summed E-state index contributed by atoms with van der Waals surface area (Å²) in [6.07, 6.45) is 4.80. The van der Waals surface area contributed by atoms with Gasteiger partial charge in [0.05, 0.1) is 6.04 Å². The minimum Gasteiger partial charge on any atom is -0.351 e. The second-order valence-corrected chi connectivity index (χ2v) is 6.66. The highest BCUT2D eigenvalue weighted by molar-refractivity contribution is 5.82. The molecule has 2 aliphatic carbocycles. The first-order valence-electron chi connectivity index (χ1n) is 8.23. The van der Waals surface area contributed by atoms with Crippen LogP contribution >= 0.6 is 0 Å². The van der Waals surface area contributed by atoms with Crippen LogP contribution in [0, 0.1) is 11.8 Å².